The van der Waals surface area contributed by atoms with Crippen molar-refractivity contribution >= 4 is 32.4 Å². The number of nitrogens with two attached hydrogens (primary N) is 1. The maximum atomic E-state index is 15.7. The zero-order chi connectivity index (χ0) is 31.2. The number of aromatic nitrogens is 3. The summed E-state index contributed by atoms with van der Waals surface area (Å²) in [4.78, 5) is 6.28. The Kier molecular flexibility index (Phi) is 8.29. The monoisotopic (exact) mass is 628 g/mol. The number of nitrogens with zero attached hydrogens (tertiary/aromatic N) is 4. The lowest BCUT2D eigenvalue weighted by Gasteiger charge is -2.39. The minimum absolute atomic E-state index is 0.113. The van der Waals surface area contributed by atoms with Crippen LogP contribution in [0, 0.1) is 17.5 Å². The maximum Gasteiger partial charge on any atom is 0.264 e. The summed E-state index contributed by atoms with van der Waals surface area (Å²) in [6, 6.07) is 6.63. The van der Waals surface area contributed by atoms with E-state index in [1.165, 1.54) is 12.1 Å². The number of anilines is 2. The Bertz CT molecular complexity index is 1800. The number of ether oxygens (including phenoxy) is 1. The van der Waals surface area contributed by atoms with Gasteiger partial charge in [0.15, 0.2) is 0 Å². The van der Waals surface area contributed by atoms with Gasteiger partial charge in [0.05, 0.1) is 29.8 Å². The van der Waals surface area contributed by atoms with E-state index in [2.05, 4.69) is 9.88 Å². The number of rotatable bonds is 7. The van der Waals surface area contributed by atoms with E-state index in [-0.39, 0.29) is 29.0 Å². The van der Waals surface area contributed by atoms with Crippen molar-refractivity contribution in [3.05, 3.63) is 65.6 Å². The maximum absolute atomic E-state index is 15.7. The molecule has 0 radical (unpaired) electrons. The molecule has 2 aliphatic rings. The van der Waals surface area contributed by atoms with Gasteiger partial charge in [-0.2, -0.15) is 5.10 Å². The normalized spacial score (nSPS) is 20.0. The fraction of sp³-hybridized carbons (Fsp3) is 0.419. The zero-order valence-electron chi connectivity index (χ0n) is 24.6. The van der Waals surface area contributed by atoms with Crippen molar-refractivity contribution in [2.75, 3.05) is 36.8 Å². The molecule has 1 saturated heterocycles. The van der Waals surface area contributed by atoms with Gasteiger partial charge in [-0.15, -0.1) is 0 Å². The Labute approximate surface area is 254 Å². The number of hydrogen-bond donors (Lipinski definition) is 2. The summed E-state index contributed by atoms with van der Waals surface area (Å²) in [7, 11) is -4.53. The molecule has 0 unspecified atom stereocenters. The molecule has 6 rings (SSSR count). The number of sulfonamides is 1. The predicted octanol–water partition coefficient (Wildman–Crippen LogP) is 5.84. The van der Waals surface area contributed by atoms with Crippen LogP contribution in [0.5, 0.6) is 0 Å². The van der Waals surface area contributed by atoms with Crippen LogP contribution in [0.25, 0.3) is 22.2 Å². The first-order chi connectivity index (χ1) is 21.0. The van der Waals surface area contributed by atoms with E-state index >= 15 is 8.78 Å². The summed E-state index contributed by atoms with van der Waals surface area (Å²) in [6.07, 6.45) is 5.73. The van der Waals surface area contributed by atoms with Gasteiger partial charge in [0, 0.05) is 43.0 Å². The molecule has 44 heavy (non-hydrogen) atoms. The summed E-state index contributed by atoms with van der Waals surface area (Å²) in [6.45, 7) is 7.30. The molecule has 2 aromatic heterocycles. The lowest BCUT2D eigenvalue weighted by atomic mass is 9.81. The highest BCUT2D eigenvalue weighted by molar-refractivity contribution is 7.92. The van der Waals surface area contributed by atoms with Crippen LogP contribution in [0.4, 0.5) is 24.7 Å². The third-order valence-corrected chi connectivity index (χ3v) is 10.1. The van der Waals surface area contributed by atoms with Crippen LogP contribution < -0.4 is 10.5 Å². The second kappa shape index (κ2) is 12.0. The molecule has 0 bridgehead atoms. The highest BCUT2D eigenvalue weighted by Gasteiger charge is 2.32. The van der Waals surface area contributed by atoms with Crippen molar-refractivity contribution in [1.29, 1.82) is 0 Å². The van der Waals surface area contributed by atoms with Crippen LogP contribution in [0.15, 0.2) is 47.5 Å². The van der Waals surface area contributed by atoms with Gasteiger partial charge in [0.2, 0.25) is 0 Å². The zero-order valence-corrected chi connectivity index (χ0v) is 25.4. The van der Waals surface area contributed by atoms with Crippen LogP contribution >= 0.6 is 0 Å². The number of morpholine rings is 1. The van der Waals surface area contributed by atoms with Gasteiger partial charge >= 0.3 is 0 Å². The molecular weight excluding hydrogens is 593 g/mol. The molecule has 0 atom stereocenters. The first-order valence-corrected chi connectivity index (χ1v) is 16.3. The van der Waals surface area contributed by atoms with Crippen LogP contribution in [0.1, 0.15) is 57.1 Å². The lowest BCUT2D eigenvalue weighted by Crippen LogP contribution is -2.44. The Hall–Kier alpha value is -3.68. The van der Waals surface area contributed by atoms with Gasteiger partial charge in [0.25, 0.3) is 10.0 Å². The molecule has 0 spiro atoms. The third kappa shape index (κ3) is 5.64. The first-order valence-electron chi connectivity index (χ1n) is 14.8. The van der Waals surface area contributed by atoms with Gasteiger partial charge < -0.3 is 10.5 Å². The smallest absolute Gasteiger partial charge is 0.264 e. The highest BCUT2D eigenvalue weighted by atomic mass is 32.2. The van der Waals surface area contributed by atoms with Crippen molar-refractivity contribution in [2.45, 2.75) is 62.4 Å². The van der Waals surface area contributed by atoms with E-state index in [1.54, 1.807) is 10.9 Å². The largest absolute Gasteiger partial charge is 0.383 e. The van der Waals surface area contributed by atoms with Crippen LogP contribution in [0.3, 0.4) is 0 Å². The quantitative estimate of drug-likeness (QED) is 0.264. The van der Waals surface area contributed by atoms with E-state index in [0.29, 0.717) is 11.4 Å². The average molecular weight is 629 g/mol. The SMILES string of the molecule is CC(C)n1nc(-c2cc(F)c(NS(=O)(=O)c3ccccc3F)cc2F)c2c(N)ncc([C@H]3CC[C@H](N4CCOCC4)CC3)c21. The van der Waals surface area contributed by atoms with E-state index in [9.17, 15) is 12.8 Å². The van der Waals surface area contributed by atoms with Crippen molar-refractivity contribution in [3.63, 3.8) is 0 Å². The topological polar surface area (TPSA) is 115 Å². The molecular formula is C31H35F3N6O3S. The van der Waals surface area contributed by atoms with E-state index in [1.807, 2.05) is 18.6 Å². The predicted molar refractivity (Wildman–Crippen MR) is 162 cm³/mol. The van der Waals surface area contributed by atoms with E-state index in [4.69, 9.17) is 15.6 Å². The molecule has 3 N–H and O–H groups in total. The van der Waals surface area contributed by atoms with Gasteiger partial charge in [-0.05, 0) is 69.2 Å². The Morgan fingerprint density at radius 1 is 1.00 bits per heavy atom. The highest BCUT2D eigenvalue weighted by Crippen LogP contribution is 2.43. The van der Waals surface area contributed by atoms with E-state index in [0.717, 1.165) is 87.3 Å². The molecule has 1 aliphatic heterocycles. The second-order valence-corrected chi connectivity index (χ2v) is 13.4. The molecule has 3 heterocycles. The number of halogens is 3. The Morgan fingerprint density at radius 3 is 2.39 bits per heavy atom. The molecule has 4 aromatic rings. The molecule has 9 nitrogen and oxygen atoms in total. The first kappa shape index (κ1) is 30.4. The lowest BCUT2D eigenvalue weighted by molar-refractivity contribution is 0.00731. The number of hydrogen-bond acceptors (Lipinski definition) is 7. The van der Waals surface area contributed by atoms with Crippen molar-refractivity contribution in [1.82, 2.24) is 19.7 Å². The van der Waals surface area contributed by atoms with Gasteiger partial charge in [-0.1, -0.05) is 12.1 Å². The van der Waals surface area contributed by atoms with Crippen LogP contribution in [-0.2, 0) is 14.8 Å². The molecule has 1 aliphatic carbocycles. The van der Waals surface area contributed by atoms with Crippen LogP contribution in [0.2, 0.25) is 0 Å². The molecule has 0 amide bonds. The van der Waals surface area contributed by atoms with Gasteiger partial charge in [-0.3, -0.25) is 14.3 Å². The van der Waals surface area contributed by atoms with Crippen molar-refractivity contribution in [2.24, 2.45) is 0 Å². The van der Waals surface area contributed by atoms with Gasteiger partial charge in [0.1, 0.15) is 33.9 Å². The fourth-order valence-corrected chi connectivity index (χ4v) is 7.58. The van der Waals surface area contributed by atoms with Crippen molar-refractivity contribution in [3.8, 4) is 11.3 Å². The van der Waals surface area contributed by atoms with Gasteiger partial charge in [-0.25, -0.2) is 26.6 Å². The Morgan fingerprint density at radius 2 is 1.70 bits per heavy atom. The number of fused-ring (bicyclic) bond motifs is 1. The Balaban J connectivity index is 1.36. The summed E-state index contributed by atoms with van der Waals surface area (Å²) >= 11 is 0. The summed E-state index contributed by atoms with van der Waals surface area (Å²) in [5.74, 6) is -2.67. The number of nitrogen functional groups attached to an aromatic ring is 1. The number of pyridine rings is 1. The number of nitrogens with one attached hydrogen (secondary N) is 1. The summed E-state index contributed by atoms with van der Waals surface area (Å²) in [5.41, 5.74) is 7.35. The molecule has 234 valence electrons. The third-order valence-electron chi connectivity index (χ3n) is 8.65. The fourth-order valence-electron chi connectivity index (χ4n) is 6.44. The number of benzene rings is 2. The van der Waals surface area contributed by atoms with E-state index < -0.39 is 38.1 Å². The van der Waals surface area contributed by atoms with Crippen molar-refractivity contribution < 1.29 is 26.3 Å². The average Bonchev–Trinajstić information content (AvgIpc) is 3.41. The molecule has 13 heteroatoms. The summed E-state index contributed by atoms with van der Waals surface area (Å²) < 4.78 is 80.0. The molecule has 2 aromatic carbocycles. The molecule has 1 saturated carbocycles. The summed E-state index contributed by atoms with van der Waals surface area (Å²) in [5, 5.41) is 5.13. The molecule has 2 fully saturated rings. The standard InChI is InChI=1S/C31H35F3N6O3S/c1-18(2)40-30-22(19-7-9-20(10-8-19)39-11-13-43-14-12-39)17-36-31(35)28(30)29(37-40)21-15-25(34)26(16-24(21)33)38-44(41,42)27-6-4-3-5-23(27)32/h3-6,15-20,38H,7-14H2,1-2H3,(H2,35,36)/t19-,20-. The minimum Gasteiger partial charge on any atom is -0.383 e. The minimum atomic E-state index is -4.53. The van der Waals surface area contributed by atoms with Crippen LogP contribution in [-0.4, -0.2) is 60.4 Å². The second-order valence-electron chi connectivity index (χ2n) is 11.7.